The molecule has 0 aliphatic heterocycles. The van der Waals surface area contributed by atoms with E-state index in [2.05, 4.69) is 213 Å². The minimum Gasteiger partial charge on any atom is -0.309 e. The fraction of sp³-hybridized carbons (Fsp3) is 0.0980. The quantitative estimate of drug-likeness (QED) is 0.164. The topological polar surface area (TPSA) is 3.24 Å². The summed E-state index contributed by atoms with van der Waals surface area (Å²) in [5.74, 6) is 0.294. The van der Waals surface area contributed by atoms with Gasteiger partial charge in [-0.1, -0.05) is 184 Å². The molecule has 7 aromatic rings. The normalized spacial score (nSPS) is 15.4. The van der Waals surface area contributed by atoms with Crippen LogP contribution in [0.15, 0.2) is 194 Å². The molecule has 0 fully saturated rings. The van der Waals surface area contributed by atoms with Gasteiger partial charge in [0.25, 0.3) is 0 Å². The average Bonchev–Trinajstić information content (AvgIpc) is 3.44. The van der Waals surface area contributed by atoms with E-state index in [9.17, 15) is 0 Å². The average molecular weight is 668 g/mol. The van der Waals surface area contributed by atoms with Gasteiger partial charge < -0.3 is 4.90 Å². The van der Waals surface area contributed by atoms with Crippen molar-refractivity contribution in [2.24, 2.45) is 0 Å². The number of rotatable bonds is 7. The Balaban J connectivity index is 1.33. The standard InChI is InChI=1S/C51H41N/c1-51(2)46-29-14-12-27-44(46)45-33-32-41(35-47(45)51)52(48-30-15-13-26-42(48)37-20-8-4-9-21-37)49-31-17-28-43(38-22-10-5-11-23-38)50(49)40-25-16-24-39(34-40)36-18-6-3-7-19-36/h3-23,25-35,39H,24H2,1-2H3. The van der Waals surface area contributed by atoms with Crippen LogP contribution in [0, 0.1) is 0 Å². The van der Waals surface area contributed by atoms with Gasteiger partial charge in [-0.15, -0.1) is 0 Å². The SMILES string of the molecule is CC1(C)c2ccccc2-c2ccc(N(c3ccccc3-c3ccccc3)c3cccc(-c4ccccc4)c3C3=CC(c4ccccc4)CC=C3)cc21. The molecule has 1 nitrogen and oxygen atoms in total. The van der Waals surface area contributed by atoms with Crippen LogP contribution in [0.25, 0.3) is 39.0 Å². The summed E-state index contributed by atoms with van der Waals surface area (Å²) in [5.41, 5.74) is 17.3. The van der Waals surface area contributed by atoms with Crippen LogP contribution in [-0.2, 0) is 5.41 Å². The van der Waals surface area contributed by atoms with E-state index in [4.69, 9.17) is 0 Å². The molecule has 9 rings (SSSR count). The van der Waals surface area contributed by atoms with Crippen molar-refractivity contribution < 1.29 is 0 Å². The number of nitrogens with zero attached hydrogens (tertiary/aromatic N) is 1. The number of hydrogen-bond donors (Lipinski definition) is 0. The number of fused-ring (bicyclic) bond motifs is 3. The molecule has 0 radical (unpaired) electrons. The third-order valence-corrected chi connectivity index (χ3v) is 11.0. The summed E-state index contributed by atoms with van der Waals surface area (Å²) < 4.78 is 0. The molecule has 0 bridgehead atoms. The van der Waals surface area contributed by atoms with Crippen molar-refractivity contribution in [2.75, 3.05) is 4.90 Å². The van der Waals surface area contributed by atoms with Gasteiger partial charge in [-0.3, -0.25) is 0 Å². The molecular weight excluding hydrogens is 627 g/mol. The van der Waals surface area contributed by atoms with Crippen molar-refractivity contribution in [1.82, 2.24) is 0 Å². The van der Waals surface area contributed by atoms with E-state index in [1.165, 1.54) is 61.2 Å². The van der Waals surface area contributed by atoms with Crippen LogP contribution in [0.1, 0.15) is 48.4 Å². The lowest BCUT2D eigenvalue weighted by Gasteiger charge is -2.33. The summed E-state index contributed by atoms with van der Waals surface area (Å²) in [5, 5.41) is 0. The van der Waals surface area contributed by atoms with Crippen LogP contribution in [-0.4, -0.2) is 0 Å². The van der Waals surface area contributed by atoms with Gasteiger partial charge in [0.2, 0.25) is 0 Å². The number of allylic oxidation sites excluding steroid dienone is 4. The second kappa shape index (κ2) is 13.2. The zero-order chi connectivity index (χ0) is 35.1. The van der Waals surface area contributed by atoms with Gasteiger partial charge in [0.1, 0.15) is 0 Å². The van der Waals surface area contributed by atoms with Crippen LogP contribution in [0.2, 0.25) is 0 Å². The highest BCUT2D eigenvalue weighted by molar-refractivity contribution is 5.99. The highest BCUT2D eigenvalue weighted by Crippen LogP contribution is 2.52. The van der Waals surface area contributed by atoms with Crippen molar-refractivity contribution in [3.05, 3.63) is 216 Å². The molecule has 0 amide bonds. The molecule has 1 atom stereocenters. The van der Waals surface area contributed by atoms with Gasteiger partial charge in [0.05, 0.1) is 11.4 Å². The highest BCUT2D eigenvalue weighted by atomic mass is 15.1. The Morgan fingerprint density at radius 3 is 1.83 bits per heavy atom. The highest BCUT2D eigenvalue weighted by Gasteiger charge is 2.36. The Labute approximate surface area is 307 Å². The van der Waals surface area contributed by atoms with Gasteiger partial charge in [-0.2, -0.15) is 0 Å². The van der Waals surface area contributed by atoms with Gasteiger partial charge in [0, 0.05) is 28.1 Å². The lowest BCUT2D eigenvalue weighted by Crippen LogP contribution is -2.17. The fourth-order valence-electron chi connectivity index (χ4n) is 8.44. The first-order valence-corrected chi connectivity index (χ1v) is 18.4. The van der Waals surface area contributed by atoms with Crippen molar-refractivity contribution >= 4 is 22.6 Å². The maximum Gasteiger partial charge on any atom is 0.0546 e. The summed E-state index contributed by atoms with van der Waals surface area (Å²) in [6.45, 7) is 4.74. The lowest BCUT2D eigenvalue weighted by atomic mass is 9.82. The number of hydrogen-bond acceptors (Lipinski definition) is 1. The van der Waals surface area contributed by atoms with Crippen molar-refractivity contribution in [3.8, 4) is 33.4 Å². The number of anilines is 3. The van der Waals surface area contributed by atoms with Gasteiger partial charge in [-0.05, 0) is 80.8 Å². The first-order chi connectivity index (χ1) is 25.6. The summed E-state index contributed by atoms with van der Waals surface area (Å²) in [7, 11) is 0. The Kier molecular flexibility index (Phi) is 8.05. The fourth-order valence-corrected chi connectivity index (χ4v) is 8.44. The summed E-state index contributed by atoms with van der Waals surface area (Å²) in [4.78, 5) is 2.52. The molecule has 7 aromatic carbocycles. The van der Waals surface area contributed by atoms with Crippen molar-refractivity contribution in [3.63, 3.8) is 0 Å². The Hall–Kier alpha value is -6.18. The number of benzene rings is 7. The maximum absolute atomic E-state index is 2.52. The Morgan fingerprint density at radius 1 is 0.500 bits per heavy atom. The molecule has 52 heavy (non-hydrogen) atoms. The zero-order valence-corrected chi connectivity index (χ0v) is 29.7. The smallest absolute Gasteiger partial charge is 0.0546 e. The minimum absolute atomic E-state index is 0.126. The zero-order valence-electron chi connectivity index (χ0n) is 29.7. The van der Waals surface area contributed by atoms with Crippen LogP contribution >= 0.6 is 0 Å². The van der Waals surface area contributed by atoms with Crippen LogP contribution < -0.4 is 4.90 Å². The van der Waals surface area contributed by atoms with Gasteiger partial charge in [0.15, 0.2) is 0 Å². The molecule has 250 valence electrons. The molecule has 0 saturated heterocycles. The molecule has 0 heterocycles. The first kappa shape index (κ1) is 31.8. The molecular formula is C51H41N. The monoisotopic (exact) mass is 667 g/mol. The molecule has 2 aliphatic rings. The molecule has 0 saturated carbocycles. The van der Waals surface area contributed by atoms with E-state index in [1.54, 1.807) is 0 Å². The number of para-hydroxylation sites is 1. The Bertz CT molecular complexity index is 2450. The van der Waals surface area contributed by atoms with Crippen LogP contribution in [0.4, 0.5) is 17.1 Å². The van der Waals surface area contributed by atoms with Gasteiger partial charge >= 0.3 is 0 Å². The van der Waals surface area contributed by atoms with Crippen LogP contribution in [0.3, 0.4) is 0 Å². The maximum atomic E-state index is 2.52. The second-order valence-electron chi connectivity index (χ2n) is 14.5. The lowest BCUT2D eigenvalue weighted by molar-refractivity contribution is 0.660. The van der Waals surface area contributed by atoms with E-state index in [1.807, 2.05) is 0 Å². The molecule has 1 unspecified atom stereocenters. The van der Waals surface area contributed by atoms with Crippen LogP contribution in [0.5, 0.6) is 0 Å². The molecule has 0 spiro atoms. The molecule has 2 aliphatic carbocycles. The van der Waals surface area contributed by atoms with E-state index in [-0.39, 0.29) is 5.41 Å². The van der Waals surface area contributed by atoms with E-state index in [0.29, 0.717) is 5.92 Å². The second-order valence-corrected chi connectivity index (χ2v) is 14.5. The van der Waals surface area contributed by atoms with Crippen molar-refractivity contribution in [1.29, 1.82) is 0 Å². The summed E-state index contributed by atoms with van der Waals surface area (Å²) >= 11 is 0. The summed E-state index contributed by atoms with van der Waals surface area (Å²) in [6, 6.07) is 64.3. The largest absolute Gasteiger partial charge is 0.309 e. The third-order valence-electron chi connectivity index (χ3n) is 11.0. The third kappa shape index (κ3) is 5.50. The molecule has 0 aromatic heterocycles. The van der Waals surface area contributed by atoms with E-state index >= 15 is 0 Å². The predicted molar refractivity (Wildman–Crippen MR) is 220 cm³/mol. The molecule has 1 heteroatoms. The van der Waals surface area contributed by atoms with Gasteiger partial charge in [-0.25, -0.2) is 0 Å². The molecule has 0 N–H and O–H groups in total. The predicted octanol–water partition coefficient (Wildman–Crippen LogP) is 13.9. The van der Waals surface area contributed by atoms with E-state index < -0.39 is 0 Å². The minimum atomic E-state index is -0.126. The Morgan fingerprint density at radius 2 is 1.08 bits per heavy atom. The van der Waals surface area contributed by atoms with Crippen molar-refractivity contribution in [2.45, 2.75) is 31.6 Å². The summed E-state index contributed by atoms with van der Waals surface area (Å²) in [6.07, 6.45) is 8.17. The van der Waals surface area contributed by atoms with E-state index in [0.717, 1.165) is 23.5 Å². The first-order valence-electron chi connectivity index (χ1n) is 18.4.